The molecule has 38 heavy (non-hydrogen) atoms. The average Bonchev–Trinajstić information content (AvgIpc) is 3.53. The fourth-order valence-corrected chi connectivity index (χ4v) is 9.84. The second-order valence-corrected chi connectivity index (χ2v) is 13.9. The Morgan fingerprint density at radius 3 is 2.29 bits per heavy atom. The lowest BCUT2D eigenvalue weighted by molar-refractivity contribution is -0.142. The van der Waals surface area contributed by atoms with E-state index in [1.165, 1.54) is 4.31 Å². The van der Waals surface area contributed by atoms with E-state index < -0.39 is 34.0 Å². The summed E-state index contributed by atoms with van der Waals surface area (Å²) in [5.41, 5.74) is 2.04. The minimum Gasteiger partial charge on any atom is -0.481 e. The van der Waals surface area contributed by atoms with Crippen LogP contribution in [0.25, 0.3) is 0 Å². The van der Waals surface area contributed by atoms with E-state index in [1.54, 1.807) is 60.3 Å². The molecule has 1 aliphatic heterocycles. The molecule has 1 saturated carbocycles. The van der Waals surface area contributed by atoms with E-state index in [4.69, 9.17) is 0 Å². The smallest absolute Gasteiger partial charge is 0.309 e. The number of nitriles is 1. The first-order chi connectivity index (χ1) is 18.3. The van der Waals surface area contributed by atoms with Crippen LogP contribution in [0.5, 0.6) is 0 Å². The monoisotopic (exact) mass is 554 g/mol. The maximum atomic E-state index is 14.4. The summed E-state index contributed by atoms with van der Waals surface area (Å²) in [7, 11) is -4.00. The molecule has 0 spiro atoms. The molecular formula is C30H38N2O4S2. The fraction of sp³-hybridized carbons (Fsp3) is 0.533. The Hall–Kier alpha value is -2.34. The van der Waals surface area contributed by atoms with Gasteiger partial charge in [-0.2, -0.15) is 21.3 Å². The highest BCUT2D eigenvalue weighted by Crippen LogP contribution is 2.52. The van der Waals surface area contributed by atoms with E-state index in [0.29, 0.717) is 22.8 Å². The number of carboxylic acids is 1. The van der Waals surface area contributed by atoms with Crippen LogP contribution in [-0.4, -0.2) is 40.3 Å². The number of carbonyl (C=O) groups is 1. The van der Waals surface area contributed by atoms with E-state index in [2.05, 4.69) is 13.0 Å². The first kappa shape index (κ1) is 28.7. The van der Waals surface area contributed by atoms with Gasteiger partial charge in [-0.1, -0.05) is 75.3 Å². The Balaban J connectivity index is 1.85. The van der Waals surface area contributed by atoms with Gasteiger partial charge in [-0.15, -0.1) is 0 Å². The van der Waals surface area contributed by atoms with Crippen molar-refractivity contribution in [2.75, 3.05) is 0 Å². The first-order valence-electron chi connectivity index (χ1n) is 13.8. The summed E-state index contributed by atoms with van der Waals surface area (Å²) in [6.45, 7) is 4.06. The number of thioether (sulfide) groups is 1. The first-order valence-corrected chi connectivity index (χ1v) is 16.1. The molecule has 4 rings (SSSR count). The fourth-order valence-electron chi connectivity index (χ4n) is 5.97. The Labute approximate surface area is 231 Å². The molecule has 2 unspecified atom stereocenters. The number of hydrogen-bond donors (Lipinski definition) is 1. The van der Waals surface area contributed by atoms with Gasteiger partial charge in [0.15, 0.2) is 0 Å². The van der Waals surface area contributed by atoms with Crippen LogP contribution in [-0.2, 0) is 14.8 Å². The van der Waals surface area contributed by atoms with Gasteiger partial charge in [0.2, 0.25) is 10.0 Å². The molecule has 2 fully saturated rings. The maximum absolute atomic E-state index is 14.4. The van der Waals surface area contributed by atoms with Crippen molar-refractivity contribution in [3.8, 4) is 6.07 Å². The molecule has 1 saturated heterocycles. The third kappa shape index (κ3) is 6.11. The molecule has 204 valence electrons. The number of carboxylic acid groups (broad SMARTS) is 1. The van der Waals surface area contributed by atoms with E-state index in [1.807, 2.05) is 6.92 Å². The quantitative estimate of drug-likeness (QED) is 0.311. The zero-order valence-electron chi connectivity index (χ0n) is 22.3. The summed E-state index contributed by atoms with van der Waals surface area (Å²) in [5, 5.41) is 19.9. The zero-order valence-corrected chi connectivity index (χ0v) is 23.9. The van der Waals surface area contributed by atoms with Crippen molar-refractivity contribution in [1.82, 2.24) is 4.31 Å². The lowest BCUT2D eigenvalue weighted by Gasteiger charge is -2.31. The average molecular weight is 555 g/mol. The third-order valence-corrected chi connectivity index (χ3v) is 11.6. The van der Waals surface area contributed by atoms with E-state index in [0.717, 1.165) is 56.9 Å². The summed E-state index contributed by atoms with van der Waals surface area (Å²) in [6.07, 6.45) is 8.97. The number of rotatable bonds is 11. The Morgan fingerprint density at radius 1 is 1.05 bits per heavy atom. The highest BCUT2D eigenvalue weighted by molar-refractivity contribution is 8.00. The summed E-state index contributed by atoms with van der Waals surface area (Å²) >= 11 is 1.71. The van der Waals surface area contributed by atoms with Gasteiger partial charge in [-0.3, -0.25) is 4.79 Å². The van der Waals surface area contributed by atoms with Crippen LogP contribution in [0.3, 0.4) is 0 Å². The third-order valence-electron chi connectivity index (χ3n) is 7.94. The van der Waals surface area contributed by atoms with E-state index in [9.17, 15) is 23.6 Å². The minimum absolute atomic E-state index is 0.191. The van der Waals surface area contributed by atoms with Gasteiger partial charge in [0.25, 0.3) is 0 Å². The Kier molecular flexibility index (Phi) is 9.56. The van der Waals surface area contributed by atoms with E-state index in [-0.39, 0.29) is 10.1 Å². The zero-order chi connectivity index (χ0) is 27.3. The highest BCUT2D eigenvalue weighted by Gasteiger charge is 2.57. The van der Waals surface area contributed by atoms with Gasteiger partial charge < -0.3 is 5.11 Å². The number of nitrogens with zero attached hydrogens (tertiary/aromatic N) is 2. The lowest BCUT2D eigenvalue weighted by atomic mass is 9.92. The van der Waals surface area contributed by atoms with Crippen molar-refractivity contribution in [2.24, 2.45) is 5.92 Å². The lowest BCUT2D eigenvalue weighted by Crippen LogP contribution is -2.40. The van der Waals surface area contributed by atoms with Crippen LogP contribution < -0.4 is 0 Å². The molecule has 1 aliphatic carbocycles. The molecule has 2 aromatic rings. The minimum atomic E-state index is -4.00. The number of benzene rings is 2. The molecule has 2 aromatic carbocycles. The standard InChI is InChI=1S/C30H38N2O4S2/c1-3-4-5-6-11-26-29(37-24-9-7-8-10-24)27(30(33)34)28(23-16-14-22(20-31)15-17-23)32(26)38(35,36)25-18-12-21(2)13-19-25/h12-19,24,26-29H,3-11H2,1-2H3,(H,33,34)/t26?,27-,28?,29+/m0/s1. The topological polar surface area (TPSA) is 98.5 Å². The molecule has 8 heteroatoms. The number of unbranched alkanes of at least 4 members (excludes halogenated alkanes) is 3. The van der Waals surface area contributed by atoms with Gasteiger partial charge in [0.05, 0.1) is 28.5 Å². The molecule has 0 radical (unpaired) electrons. The molecule has 0 amide bonds. The van der Waals surface area contributed by atoms with Crippen LogP contribution in [0.15, 0.2) is 53.4 Å². The number of hydrogen-bond acceptors (Lipinski definition) is 5. The summed E-state index contributed by atoms with van der Waals surface area (Å²) < 4.78 is 30.3. The van der Waals surface area contributed by atoms with Crippen molar-refractivity contribution < 1.29 is 18.3 Å². The van der Waals surface area contributed by atoms with Gasteiger partial charge in [-0.05, 0) is 56.0 Å². The van der Waals surface area contributed by atoms with Gasteiger partial charge in [-0.25, -0.2) is 8.42 Å². The number of aryl methyl sites for hydroxylation is 1. The van der Waals surface area contributed by atoms with Crippen LogP contribution in [0.4, 0.5) is 0 Å². The number of aliphatic carboxylic acids is 1. The van der Waals surface area contributed by atoms with Crippen LogP contribution >= 0.6 is 11.8 Å². The van der Waals surface area contributed by atoms with Gasteiger partial charge >= 0.3 is 5.97 Å². The largest absolute Gasteiger partial charge is 0.481 e. The predicted octanol–water partition coefficient (Wildman–Crippen LogP) is 6.70. The van der Waals surface area contributed by atoms with Crippen molar-refractivity contribution >= 4 is 27.8 Å². The van der Waals surface area contributed by atoms with Crippen LogP contribution in [0.1, 0.15) is 87.4 Å². The van der Waals surface area contributed by atoms with E-state index >= 15 is 0 Å². The van der Waals surface area contributed by atoms with Gasteiger partial charge in [0, 0.05) is 16.5 Å². The molecule has 1 N–H and O–H groups in total. The molecule has 4 atom stereocenters. The molecule has 0 bridgehead atoms. The highest BCUT2D eigenvalue weighted by atomic mass is 32.2. The second-order valence-electron chi connectivity index (χ2n) is 10.6. The Bertz CT molecular complexity index is 1230. The molecule has 6 nitrogen and oxygen atoms in total. The van der Waals surface area contributed by atoms with Crippen LogP contribution in [0.2, 0.25) is 0 Å². The van der Waals surface area contributed by atoms with Crippen molar-refractivity contribution in [2.45, 2.75) is 99.1 Å². The maximum Gasteiger partial charge on any atom is 0.309 e. The van der Waals surface area contributed by atoms with Gasteiger partial charge in [0.1, 0.15) is 0 Å². The Morgan fingerprint density at radius 2 is 1.71 bits per heavy atom. The molecule has 2 aliphatic rings. The van der Waals surface area contributed by atoms with Crippen molar-refractivity contribution in [3.05, 3.63) is 65.2 Å². The normalized spacial score (nSPS) is 24.4. The predicted molar refractivity (Wildman–Crippen MR) is 151 cm³/mol. The summed E-state index contributed by atoms with van der Waals surface area (Å²) in [5.74, 6) is -1.85. The molecule has 0 aromatic heterocycles. The second kappa shape index (κ2) is 12.7. The van der Waals surface area contributed by atoms with Crippen molar-refractivity contribution in [1.29, 1.82) is 5.26 Å². The number of sulfonamides is 1. The van der Waals surface area contributed by atoms with Crippen LogP contribution in [0, 0.1) is 24.2 Å². The summed E-state index contributed by atoms with van der Waals surface area (Å²) in [6, 6.07) is 14.4. The molecular weight excluding hydrogens is 516 g/mol. The SMILES string of the molecule is CCCCCCC1[C@@H](SC2CCCC2)[C@@H](C(=O)O)C(c2ccc(C#N)cc2)N1S(=O)(=O)c1ccc(C)cc1. The molecule has 1 heterocycles. The summed E-state index contributed by atoms with van der Waals surface area (Å²) in [4.78, 5) is 13.2. The van der Waals surface area contributed by atoms with Crippen molar-refractivity contribution in [3.63, 3.8) is 0 Å².